The fourth-order valence-corrected chi connectivity index (χ4v) is 0.365. The zero-order valence-electron chi connectivity index (χ0n) is 4.85. The summed E-state index contributed by atoms with van der Waals surface area (Å²) in [6.07, 6.45) is 5.69. The molecule has 0 radical (unpaired) electrons. The van der Waals surface area contributed by atoms with Crippen molar-refractivity contribution < 1.29 is 5.11 Å². The Kier molecular flexibility index (Phi) is 6.06. The first-order valence-electron chi connectivity index (χ1n) is 2.67. The number of nitrogens with one attached hydrogen (secondary N) is 1. The van der Waals surface area contributed by atoms with Crippen molar-refractivity contribution in [2.45, 2.75) is 6.42 Å². The molecular weight excluding hydrogens is 102 g/mol. The molecular formula is C6H11NO. The Hall–Kier alpha value is -0.520. The Labute approximate surface area is 49.9 Å². The van der Waals surface area contributed by atoms with Crippen LogP contribution in [0.2, 0.25) is 0 Å². The third kappa shape index (κ3) is 5.48. The second-order valence-electron chi connectivity index (χ2n) is 1.43. The zero-order chi connectivity index (χ0) is 6.24. The average Bonchev–Trinajstić information content (AvgIpc) is 1.81. The van der Waals surface area contributed by atoms with E-state index in [-0.39, 0.29) is 6.61 Å². The molecule has 0 unspecified atom stereocenters. The van der Waals surface area contributed by atoms with Crippen molar-refractivity contribution in [2.24, 2.45) is 0 Å². The van der Waals surface area contributed by atoms with Gasteiger partial charge in [-0.2, -0.15) is 0 Å². The summed E-state index contributed by atoms with van der Waals surface area (Å²) in [5, 5.41) is 11.2. The number of hydrogen-bond acceptors (Lipinski definition) is 2. The van der Waals surface area contributed by atoms with Crippen LogP contribution in [0.15, 0.2) is 0 Å². The molecule has 0 saturated heterocycles. The highest BCUT2D eigenvalue weighted by Crippen LogP contribution is 1.67. The van der Waals surface area contributed by atoms with Crippen molar-refractivity contribution >= 4 is 0 Å². The van der Waals surface area contributed by atoms with Crippen LogP contribution in [-0.2, 0) is 0 Å². The Morgan fingerprint density at radius 1 is 1.50 bits per heavy atom. The van der Waals surface area contributed by atoms with E-state index in [9.17, 15) is 0 Å². The third-order valence-electron chi connectivity index (χ3n) is 0.735. The van der Waals surface area contributed by atoms with Gasteiger partial charge in [-0.15, -0.1) is 12.3 Å². The van der Waals surface area contributed by atoms with Crippen LogP contribution in [0.1, 0.15) is 6.42 Å². The molecule has 0 rings (SSSR count). The number of aliphatic hydroxyl groups is 1. The Balaban J connectivity index is 2.65. The summed E-state index contributed by atoms with van der Waals surface area (Å²) in [6, 6.07) is 0. The van der Waals surface area contributed by atoms with E-state index in [1.54, 1.807) is 0 Å². The molecule has 46 valence electrons. The van der Waals surface area contributed by atoms with E-state index in [1.165, 1.54) is 0 Å². The topological polar surface area (TPSA) is 32.3 Å². The SMILES string of the molecule is C#CCCNCCO. The molecule has 0 aromatic heterocycles. The van der Waals surface area contributed by atoms with Gasteiger partial charge in [0.25, 0.3) is 0 Å². The minimum atomic E-state index is 0.185. The van der Waals surface area contributed by atoms with Gasteiger partial charge < -0.3 is 10.4 Å². The number of aliphatic hydroxyl groups excluding tert-OH is 1. The van der Waals surface area contributed by atoms with Crippen molar-refractivity contribution in [3.05, 3.63) is 0 Å². The Morgan fingerprint density at radius 2 is 2.25 bits per heavy atom. The molecule has 0 fully saturated rings. The second-order valence-corrected chi connectivity index (χ2v) is 1.43. The first kappa shape index (κ1) is 7.48. The summed E-state index contributed by atoms with van der Waals surface area (Å²) in [7, 11) is 0. The fraction of sp³-hybridized carbons (Fsp3) is 0.667. The predicted octanol–water partition coefficient (Wildman–Crippen LogP) is -0.408. The van der Waals surface area contributed by atoms with Crippen LogP contribution in [0, 0.1) is 12.3 Å². The minimum absolute atomic E-state index is 0.185. The maximum Gasteiger partial charge on any atom is 0.0555 e. The molecule has 0 aliphatic heterocycles. The molecule has 0 aromatic carbocycles. The van der Waals surface area contributed by atoms with Gasteiger partial charge in [0.15, 0.2) is 0 Å². The van der Waals surface area contributed by atoms with Crippen molar-refractivity contribution in [1.82, 2.24) is 5.32 Å². The van der Waals surface area contributed by atoms with Gasteiger partial charge in [0.1, 0.15) is 0 Å². The second kappa shape index (κ2) is 6.48. The number of rotatable bonds is 4. The van der Waals surface area contributed by atoms with Crippen LogP contribution < -0.4 is 5.32 Å². The molecule has 0 amide bonds. The van der Waals surface area contributed by atoms with E-state index in [0.717, 1.165) is 13.0 Å². The van der Waals surface area contributed by atoms with Crippen molar-refractivity contribution in [3.8, 4) is 12.3 Å². The monoisotopic (exact) mass is 113 g/mol. The Morgan fingerprint density at radius 3 is 2.75 bits per heavy atom. The van der Waals surface area contributed by atoms with Crippen molar-refractivity contribution in [1.29, 1.82) is 0 Å². The minimum Gasteiger partial charge on any atom is -0.395 e. The molecule has 0 aromatic rings. The molecule has 0 heterocycles. The van der Waals surface area contributed by atoms with Crippen molar-refractivity contribution in [3.63, 3.8) is 0 Å². The van der Waals surface area contributed by atoms with Gasteiger partial charge in [-0.3, -0.25) is 0 Å². The van der Waals surface area contributed by atoms with Gasteiger partial charge in [0, 0.05) is 19.5 Å². The van der Waals surface area contributed by atoms with E-state index < -0.39 is 0 Å². The van der Waals surface area contributed by atoms with Crippen LogP contribution in [0.3, 0.4) is 0 Å². The van der Waals surface area contributed by atoms with E-state index >= 15 is 0 Å². The molecule has 0 atom stereocenters. The lowest BCUT2D eigenvalue weighted by atomic mass is 10.4. The van der Waals surface area contributed by atoms with Gasteiger partial charge in [-0.05, 0) is 0 Å². The van der Waals surface area contributed by atoms with Gasteiger partial charge >= 0.3 is 0 Å². The molecule has 0 aliphatic rings. The molecule has 2 N–H and O–H groups in total. The molecule has 0 bridgehead atoms. The summed E-state index contributed by atoms with van der Waals surface area (Å²) >= 11 is 0. The van der Waals surface area contributed by atoms with Crippen LogP contribution in [0.4, 0.5) is 0 Å². The van der Waals surface area contributed by atoms with Crippen molar-refractivity contribution in [2.75, 3.05) is 19.7 Å². The maximum absolute atomic E-state index is 8.25. The third-order valence-corrected chi connectivity index (χ3v) is 0.735. The first-order chi connectivity index (χ1) is 3.91. The molecule has 2 nitrogen and oxygen atoms in total. The largest absolute Gasteiger partial charge is 0.395 e. The van der Waals surface area contributed by atoms with E-state index in [1.807, 2.05) is 0 Å². The number of hydrogen-bond donors (Lipinski definition) is 2. The smallest absolute Gasteiger partial charge is 0.0555 e. The van der Waals surface area contributed by atoms with E-state index in [2.05, 4.69) is 11.2 Å². The summed E-state index contributed by atoms with van der Waals surface area (Å²) in [6.45, 7) is 1.63. The fourth-order valence-electron chi connectivity index (χ4n) is 0.365. The van der Waals surface area contributed by atoms with Gasteiger partial charge in [-0.1, -0.05) is 0 Å². The highest BCUT2D eigenvalue weighted by Gasteiger charge is 1.79. The summed E-state index contributed by atoms with van der Waals surface area (Å²) in [5.41, 5.74) is 0. The Bertz CT molecular complexity index is 75.1. The summed E-state index contributed by atoms with van der Waals surface area (Å²) in [5.74, 6) is 2.48. The lowest BCUT2D eigenvalue weighted by Crippen LogP contribution is -2.18. The van der Waals surface area contributed by atoms with Gasteiger partial charge in [-0.25, -0.2) is 0 Å². The normalized spacial score (nSPS) is 8.50. The maximum atomic E-state index is 8.25. The highest BCUT2D eigenvalue weighted by molar-refractivity contribution is 4.83. The van der Waals surface area contributed by atoms with Crippen LogP contribution >= 0.6 is 0 Å². The summed E-state index contributed by atoms with van der Waals surface area (Å²) < 4.78 is 0. The molecule has 0 saturated carbocycles. The van der Waals surface area contributed by atoms with Crippen LogP contribution in [-0.4, -0.2) is 24.8 Å². The summed E-state index contributed by atoms with van der Waals surface area (Å²) in [4.78, 5) is 0. The van der Waals surface area contributed by atoms with E-state index in [4.69, 9.17) is 11.5 Å². The molecule has 0 spiro atoms. The zero-order valence-corrected chi connectivity index (χ0v) is 4.85. The average molecular weight is 113 g/mol. The van der Waals surface area contributed by atoms with Crippen LogP contribution in [0.25, 0.3) is 0 Å². The van der Waals surface area contributed by atoms with Crippen LogP contribution in [0.5, 0.6) is 0 Å². The van der Waals surface area contributed by atoms with E-state index in [0.29, 0.717) is 6.54 Å². The molecule has 2 heteroatoms. The molecule has 0 aliphatic carbocycles. The first-order valence-corrected chi connectivity index (χ1v) is 2.67. The highest BCUT2D eigenvalue weighted by atomic mass is 16.3. The number of terminal acetylenes is 1. The predicted molar refractivity (Wildman–Crippen MR) is 33.4 cm³/mol. The molecule has 8 heavy (non-hydrogen) atoms. The quantitative estimate of drug-likeness (QED) is 0.384. The lowest BCUT2D eigenvalue weighted by molar-refractivity contribution is 0.293. The standard InChI is InChI=1S/C6H11NO/c1-2-3-4-7-5-6-8/h1,7-8H,3-6H2. The van der Waals surface area contributed by atoms with Gasteiger partial charge in [0.2, 0.25) is 0 Å². The lowest BCUT2D eigenvalue weighted by Gasteiger charge is -1.95. The van der Waals surface area contributed by atoms with Gasteiger partial charge in [0.05, 0.1) is 6.61 Å².